The fourth-order valence-electron chi connectivity index (χ4n) is 2.12. The largest absolute Gasteiger partial charge is 0.486 e. The maximum Gasteiger partial charge on any atom is 0.230 e. The molecule has 0 aliphatic carbocycles. The molecule has 0 fully saturated rings. The highest BCUT2D eigenvalue weighted by molar-refractivity contribution is 7.14. The van der Waals surface area contributed by atoms with Gasteiger partial charge < -0.3 is 20.5 Å². The minimum atomic E-state index is -0.267. The highest BCUT2D eigenvalue weighted by Gasteiger charge is 2.19. The van der Waals surface area contributed by atoms with E-state index in [0.29, 0.717) is 18.3 Å². The fraction of sp³-hybridized carbons (Fsp3) is 0.375. The summed E-state index contributed by atoms with van der Waals surface area (Å²) >= 11 is 1.38. The SMILES string of the molecule is CC(N)C(C)C(=O)Nc1nc(-c2ccc3c(c2)OCCO3)cs1. The zero-order chi connectivity index (χ0) is 16.4. The summed E-state index contributed by atoms with van der Waals surface area (Å²) in [6.07, 6.45) is 0. The van der Waals surface area contributed by atoms with Crippen LogP contribution in [0.1, 0.15) is 13.8 Å². The predicted molar refractivity (Wildman–Crippen MR) is 90.0 cm³/mol. The summed E-state index contributed by atoms with van der Waals surface area (Å²) in [6, 6.07) is 5.50. The molecule has 0 radical (unpaired) electrons. The molecule has 0 bridgehead atoms. The van der Waals surface area contributed by atoms with Crippen molar-refractivity contribution in [2.45, 2.75) is 19.9 Å². The van der Waals surface area contributed by atoms with E-state index in [0.717, 1.165) is 22.8 Å². The van der Waals surface area contributed by atoms with Gasteiger partial charge in [0, 0.05) is 17.0 Å². The lowest BCUT2D eigenvalue weighted by Gasteiger charge is -2.18. The van der Waals surface area contributed by atoms with Crippen LogP contribution >= 0.6 is 11.3 Å². The molecule has 0 saturated carbocycles. The number of nitrogens with two attached hydrogens (primary N) is 1. The molecular weight excluding hydrogens is 314 g/mol. The van der Waals surface area contributed by atoms with Gasteiger partial charge in [0.05, 0.1) is 11.6 Å². The number of anilines is 1. The van der Waals surface area contributed by atoms with Crippen molar-refractivity contribution in [3.05, 3.63) is 23.6 Å². The Morgan fingerprint density at radius 3 is 2.78 bits per heavy atom. The van der Waals surface area contributed by atoms with Crippen LogP contribution in [0.15, 0.2) is 23.6 Å². The summed E-state index contributed by atoms with van der Waals surface area (Å²) in [5, 5.41) is 5.27. The smallest absolute Gasteiger partial charge is 0.230 e. The van der Waals surface area contributed by atoms with Crippen molar-refractivity contribution in [1.82, 2.24) is 4.98 Å². The first-order valence-corrected chi connectivity index (χ1v) is 8.34. The summed E-state index contributed by atoms with van der Waals surface area (Å²) in [6.45, 7) is 4.73. The molecule has 2 atom stereocenters. The van der Waals surface area contributed by atoms with Gasteiger partial charge in [0.25, 0.3) is 0 Å². The van der Waals surface area contributed by atoms with Crippen LogP contribution in [0.25, 0.3) is 11.3 Å². The Labute approximate surface area is 138 Å². The van der Waals surface area contributed by atoms with Gasteiger partial charge in [-0.05, 0) is 25.1 Å². The van der Waals surface area contributed by atoms with Gasteiger partial charge >= 0.3 is 0 Å². The van der Waals surface area contributed by atoms with Crippen molar-refractivity contribution in [2.75, 3.05) is 18.5 Å². The van der Waals surface area contributed by atoms with Crippen LogP contribution in [-0.2, 0) is 4.79 Å². The Hall–Kier alpha value is -2.12. The van der Waals surface area contributed by atoms with Crippen LogP contribution in [0.4, 0.5) is 5.13 Å². The quantitative estimate of drug-likeness (QED) is 0.898. The molecule has 1 aromatic carbocycles. The van der Waals surface area contributed by atoms with Crippen molar-refractivity contribution in [1.29, 1.82) is 0 Å². The van der Waals surface area contributed by atoms with Crippen molar-refractivity contribution >= 4 is 22.4 Å². The minimum Gasteiger partial charge on any atom is -0.486 e. The summed E-state index contributed by atoms with van der Waals surface area (Å²) in [4.78, 5) is 16.5. The molecule has 2 unspecified atom stereocenters. The Balaban J connectivity index is 1.75. The Kier molecular flexibility index (Phi) is 4.49. The number of hydrogen-bond acceptors (Lipinski definition) is 6. The van der Waals surface area contributed by atoms with E-state index in [-0.39, 0.29) is 17.9 Å². The van der Waals surface area contributed by atoms with E-state index >= 15 is 0 Å². The fourth-order valence-corrected chi connectivity index (χ4v) is 2.85. The Morgan fingerprint density at radius 2 is 2.04 bits per heavy atom. The lowest BCUT2D eigenvalue weighted by Crippen LogP contribution is -2.34. The van der Waals surface area contributed by atoms with Crippen molar-refractivity contribution < 1.29 is 14.3 Å². The molecule has 3 rings (SSSR count). The highest BCUT2D eigenvalue weighted by Crippen LogP contribution is 2.35. The molecule has 0 spiro atoms. The monoisotopic (exact) mass is 333 g/mol. The maximum absolute atomic E-state index is 12.0. The van der Waals surface area contributed by atoms with Crippen LogP contribution in [-0.4, -0.2) is 30.1 Å². The van der Waals surface area contributed by atoms with Gasteiger partial charge in [-0.2, -0.15) is 0 Å². The third-order valence-electron chi connectivity index (χ3n) is 3.77. The zero-order valence-corrected chi connectivity index (χ0v) is 13.9. The van der Waals surface area contributed by atoms with E-state index in [2.05, 4.69) is 10.3 Å². The first kappa shape index (κ1) is 15.8. The van der Waals surface area contributed by atoms with E-state index in [9.17, 15) is 4.79 Å². The van der Waals surface area contributed by atoms with Gasteiger partial charge in [-0.1, -0.05) is 6.92 Å². The van der Waals surface area contributed by atoms with Crippen molar-refractivity contribution in [3.8, 4) is 22.8 Å². The van der Waals surface area contributed by atoms with Crippen molar-refractivity contribution in [3.63, 3.8) is 0 Å². The van der Waals surface area contributed by atoms with Gasteiger partial charge in [0.15, 0.2) is 16.6 Å². The molecule has 0 saturated heterocycles. The standard InChI is InChI=1S/C16H19N3O3S/c1-9(10(2)17)15(20)19-16-18-12(8-23-16)11-3-4-13-14(7-11)22-6-5-21-13/h3-4,7-10H,5-6,17H2,1-2H3,(H,18,19,20). The number of carbonyl (C=O) groups is 1. The number of benzene rings is 1. The molecule has 23 heavy (non-hydrogen) atoms. The molecule has 122 valence electrons. The Bertz CT molecular complexity index is 714. The van der Waals surface area contributed by atoms with Crippen LogP contribution in [0.2, 0.25) is 0 Å². The second-order valence-corrected chi connectivity index (χ2v) is 6.39. The molecule has 7 heteroatoms. The van der Waals surface area contributed by atoms with E-state index in [4.69, 9.17) is 15.2 Å². The summed E-state index contributed by atoms with van der Waals surface area (Å²) in [7, 11) is 0. The number of thiazole rings is 1. The van der Waals surface area contributed by atoms with Gasteiger partial charge in [-0.15, -0.1) is 11.3 Å². The molecule has 1 aromatic heterocycles. The van der Waals surface area contributed by atoms with Crippen LogP contribution in [0, 0.1) is 5.92 Å². The van der Waals surface area contributed by atoms with Crippen molar-refractivity contribution in [2.24, 2.45) is 11.7 Å². The number of carbonyl (C=O) groups excluding carboxylic acids is 1. The van der Waals surface area contributed by atoms with Gasteiger partial charge in [-0.3, -0.25) is 4.79 Å². The average molecular weight is 333 g/mol. The maximum atomic E-state index is 12.0. The first-order chi connectivity index (χ1) is 11.0. The number of amides is 1. The molecule has 6 nitrogen and oxygen atoms in total. The minimum absolute atomic E-state index is 0.122. The molecule has 2 heterocycles. The Morgan fingerprint density at radius 1 is 1.30 bits per heavy atom. The molecule has 1 aliphatic heterocycles. The molecule has 1 aliphatic rings. The second-order valence-electron chi connectivity index (χ2n) is 5.53. The number of fused-ring (bicyclic) bond motifs is 1. The van der Waals surface area contributed by atoms with Crippen LogP contribution in [0.5, 0.6) is 11.5 Å². The van der Waals surface area contributed by atoms with E-state index < -0.39 is 0 Å². The second kappa shape index (κ2) is 6.55. The number of nitrogens with zero attached hydrogens (tertiary/aromatic N) is 1. The highest BCUT2D eigenvalue weighted by atomic mass is 32.1. The molecule has 3 N–H and O–H groups in total. The predicted octanol–water partition coefficient (Wildman–Crippen LogP) is 2.50. The van der Waals surface area contributed by atoms with Gasteiger partial charge in [0.1, 0.15) is 13.2 Å². The van der Waals surface area contributed by atoms with Crippen LogP contribution in [0.3, 0.4) is 0 Å². The van der Waals surface area contributed by atoms with E-state index in [1.54, 1.807) is 6.92 Å². The summed E-state index contributed by atoms with van der Waals surface area (Å²) < 4.78 is 11.1. The number of nitrogens with one attached hydrogen (secondary N) is 1. The van der Waals surface area contributed by atoms with E-state index in [1.807, 2.05) is 30.5 Å². The first-order valence-electron chi connectivity index (χ1n) is 7.46. The summed E-state index contributed by atoms with van der Waals surface area (Å²) in [5.74, 6) is 1.08. The lowest BCUT2D eigenvalue weighted by molar-refractivity contribution is -0.119. The number of rotatable bonds is 4. The lowest BCUT2D eigenvalue weighted by atomic mass is 10.0. The summed E-state index contributed by atoms with van der Waals surface area (Å²) in [5.41, 5.74) is 7.46. The van der Waals surface area contributed by atoms with Gasteiger partial charge in [0.2, 0.25) is 5.91 Å². The zero-order valence-electron chi connectivity index (χ0n) is 13.0. The molecule has 2 aromatic rings. The van der Waals surface area contributed by atoms with Gasteiger partial charge in [-0.25, -0.2) is 4.98 Å². The number of ether oxygens (including phenoxy) is 2. The average Bonchev–Trinajstić information content (AvgIpc) is 3.02. The van der Waals surface area contributed by atoms with E-state index in [1.165, 1.54) is 11.3 Å². The number of hydrogen-bond donors (Lipinski definition) is 2. The third kappa shape index (κ3) is 3.46. The number of aromatic nitrogens is 1. The molecular formula is C16H19N3O3S. The molecule has 1 amide bonds. The topological polar surface area (TPSA) is 86.5 Å². The normalized spacial score (nSPS) is 15.8. The third-order valence-corrected chi connectivity index (χ3v) is 4.53. The van der Waals surface area contributed by atoms with Crippen LogP contribution < -0.4 is 20.5 Å².